The number of carboxylic acid groups (broad SMARTS) is 1. The fourth-order valence-electron chi connectivity index (χ4n) is 1.85. The summed E-state index contributed by atoms with van der Waals surface area (Å²) in [5.74, 6) is -1.55. The second kappa shape index (κ2) is 5.88. The van der Waals surface area contributed by atoms with E-state index in [9.17, 15) is 9.59 Å². The number of anilines is 1. The lowest BCUT2D eigenvalue weighted by Gasteiger charge is -2.08. The van der Waals surface area contributed by atoms with Gasteiger partial charge in [0.05, 0.1) is 11.1 Å². The molecule has 102 valence electrons. The summed E-state index contributed by atoms with van der Waals surface area (Å²) in [6.45, 7) is 0.290. The van der Waals surface area contributed by atoms with Crippen molar-refractivity contribution in [1.82, 2.24) is 5.32 Å². The zero-order chi connectivity index (χ0) is 14.5. The molecule has 0 bridgehead atoms. The topological polar surface area (TPSA) is 92.4 Å². The lowest BCUT2D eigenvalue weighted by molar-refractivity contribution is 0.0691. The number of nitrogen functional groups attached to an aromatic ring is 1. The van der Waals surface area contributed by atoms with Crippen molar-refractivity contribution in [3.63, 3.8) is 0 Å². The molecular weight excluding hydrogens is 256 g/mol. The highest BCUT2D eigenvalue weighted by Crippen LogP contribution is 2.10. The van der Waals surface area contributed by atoms with Gasteiger partial charge in [0.25, 0.3) is 5.91 Å². The molecule has 0 atom stereocenters. The molecule has 2 aromatic rings. The van der Waals surface area contributed by atoms with E-state index in [1.807, 2.05) is 6.07 Å². The van der Waals surface area contributed by atoms with Gasteiger partial charge >= 0.3 is 5.97 Å². The summed E-state index contributed by atoms with van der Waals surface area (Å²) in [6, 6.07) is 13.2. The Morgan fingerprint density at radius 1 is 1.05 bits per heavy atom. The summed E-state index contributed by atoms with van der Waals surface area (Å²) in [7, 11) is 0. The smallest absolute Gasteiger partial charge is 0.336 e. The van der Waals surface area contributed by atoms with Gasteiger partial charge in [-0.1, -0.05) is 24.3 Å². The summed E-state index contributed by atoms with van der Waals surface area (Å²) in [6.07, 6.45) is 0. The van der Waals surface area contributed by atoms with Crippen molar-refractivity contribution in [2.45, 2.75) is 6.54 Å². The lowest BCUT2D eigenvalue weighted by Crippen LogP contribution is -2.24. The van der Waals surface area contributed by atoms with Gasteiger partial charge in [-0.25, -0.2) is 4.79 Å². The molecule has 0 unspecified atom stereocenters. The number of amides is 1. The van der Waals surface area contributed by atoms with Gasteiger partial charge in [0.15, 0.2) is 0 Å². The Hall–Kier alpha value is -2.82. The van der Waals surface area contributed by atoms with Crippen LogP contribution < -0.4 is 11.1 Å². The van der Waals surface area contributed by atoms with E-state index < -0.39 is 11.9 Å². The molecule has 0 spiro atoms. The Kier molecular flexibility index (Phi) is 4.00. The Balaban J connectivity index is 2.11. The van der Waals surface area contributed by atoms with E-state index in [-0.39, 0.29) is 17.7 Å². The van der Waals surface area contributed by atoms with Gasteiger partial charge in [0, 0.05) is 12.2 Å². The molecule has 0 saturated heterocycles. The minimum Gasteiger partial charge on any atom is -0.478 e. The highest BCUT2D eigenvalue weighted by atomic mass is 16.4. The molecule has 0 fully saturated rings. The monoisotopic (exact) mass is 270 g/mol. The Bertz CT molecular complexity index is 653. The zero-order valence-corrected chi connectivity index (χ0v) is 10.7. The number of hydrogen-bond acceptors (Lipinski definition) is 3. The van der Waals surface area contributed by atoms with Crippen LogP contribution in [0.15, 0.2) is 48.5 Å². The Labute approximate surface area is 116 Å². The van der Waals surface area contributed by atoms with E-state index in [1.165, 1.54) is 12.1 Å². The van der Waals surface area contributed by atoms with Crippen molar-refractivity contribution in [1.29, 1.82) is 0 Å². The third-order valence-corrected chi connectivity index (χ3v) is 2.81. The molecule has 1 amide bonds. The number of hydrogen-bond donors (Lipinski definition) is 3. The first-order valence-electron chi connectivity index (χ1n) is 6.03. The van der Waals surface area contributed by atoms with Gasteiger partial charge in [0.2, 0.25) is 0 Å². The lowest BCUT2D eigenvalue weighted by atomic mass is 10.1. The summed E-state index contributed by atoms with van der Waals surface area (Å²) in [5.41, 5.74) is 7.24. The van der Waals surface area contributed by atoms with Crippen LogP contribution in [0.5, 0.6) is 0 Å². The van der Waals surface area contributed by atoms with Crippen LogP contribution in [0.25, 0.3) is 0 Å². The van der Waals surface area contributed by atoms with Crippen LogP contribution in [0, 0.1) is 0 Å². The third kappa shape index (κ3) is 3.14. The molecule has 0 aromatic heterocycles. The largest absolute Gasteiger partial charge is 0.478 e. The third-order valence-electron chi connectivity index (χ3n) is 2.81. The Morgan fingerprint density at radius 3 is 2.40 bits per heavy atom. The average Bonchev–Trinajstić information content (AvgIpc) is 2.45. The van der Waals surface area contributed by atoms with E-state index in [2.05, 4.69) is 5.32 Å². The molecule has 0 aliphatic carbocycles. The van der Waals surface area contributed by atoms with Crippen LogP contribution >= 0.6 is 0 Å². The predicted octanol–water partition coefficient (Wildman–Crippen LogP) is 1.90. The number of benzene rings is 2. The molecule has 0 saturated carbocycles. The van der Waals surface area contributed by atoms with Gasteiger partial charge in [0.1, 0.15) is 0 Å². The fourth-order valence-corrected chi connectivity index (χ4v) is 1.85. The zero-order valence-electron chi connectivity index (χ0n) is 10.7. The number of nitrogens with two attached hydrogens (primary N) is 1. The van der Waals surface area contributed by atoms with Crippen molar-refractivity contribution < 1.29 is 14.7 Å². The Morgan fingerprint density at radius 2 is 1.75 bits per heavy atom. The number of carbonyl (C=O) groups excluding carboxylic acids is 1. The van der Waals surface area contributed by atoms with E-state index >= 15 is 0 Å². The van der Waals surface area contributed by atoms with Crippen molar-refractivity contribution in [2.75, 3.05) is 5.73 Å². The van der Waals surface area contributed by atoms with E-state index in [4.69, 9.17) is 10.8 Å². The molecule has 0 radical (unpaired) electrons. The second-order valence-corrected chi connectivity index (χ2v) is 4.28. The molecule has 5 nitrogen and oxygen atoms in total. The first-order chi connectivity index (χ1) is 9.58. The van der Waals surface area contributed by atoms with E-state index in [1.54, 1.807) is 30.3 Å². The van der Waals surface area contributed by atoms with Crippen LogP contribution in [0.2, 0.25) is 0 Å². The highest BCUT2D eigenvalue weighted by molar-refractivity contribution is 6.04. The number of carboxylic acids is 1. The predicted molar refractivity (Wildman–Crippen MR) is 75.4 cm³/mol. The highest BCUT2D eigenvalue weighted by Gasteiger charge is 2.15. The molecular formula is C15H14N2O3. The minimum atomic E-state index is -1.13. The van der Waals surface area contributed by atoms with Crippen LogP contribution in [0.1, 0.15) is 26.3 Å². The number of nitrogens with one attached hydrogen (secondary N) is 1. The molecule has 2 rings (SSSR count). The SMILES string of the molecule is Nc1cccc(CNC(=O)c2ccccc2C(=O)O)c1. The maximum Gasteiger partial charge on any atom is 0.336 e. The quantitative estimate of drug-likeness (QED) is 0.740. The molecule has 2 aromatic carbocycles. The van der Waals surface area contributed by atoms with Crippen LogP contribution in [-0.4, -0.2) is 17.0 Å². The maximum absolute atomic E-state index is 12.0. The van der Waals surface area contributed by atoms with Crippen molar-refractivity contribution in [3.05, 3.63) is 65.2 Å². The molecule has 4 N–H and O–H groups in total. The first kappa shape index (κ1) is 13.6. The summed E-state index contributed by atoms with van der Waals surface area (Å²) in [5, 5.41) is 11.7. The number of carbonyl (C=O) groups is 2. The van der Waals surface area contributed by atoms with Crippen molar-refractivity contribution in [3.8, 4) is 0 Å². The number of aromatic carboxylic acids is 1. The summed E-state index contributed by atoms with van der Waals surface area (Å²) in [4.78, 5) is 23.1. The van der Waals surface area contributed by atoms with Crippen molar-refractivity contribution in [2.24, 2.45) is 0 Å². The molecule has 20 heavy (non-hydrogen) atoms. The molecule has 0 aliphatic heterocycles. The number of rotatable bonds is 4. The summed E-state index contributed by atoms with van der Waals surface area (Å²) >= 11 is 0. The molecule has 0 heterocycles. The normalized spacial score (nSPS) is 10.0. The second-order valence-electron chi connectivity index (χ2n) is 4.28. The maximum atomic E-state index is 12.0. The van der Waals surface area contributed by atoms with Crippen LogP contribution in [0.3, 0.4) is 0 Å². The van der Waals surface area contributed by atoms with Gasteiger partial charge in [-0.15, -0.1) is 0 Å². The molecule has 5 heteroatoms. The first-order valence-corrected chi connectivity index (χ1v) is 6.03. The van der Waals surface area contributed by atoms with Gasteiger partial charge < -0.3 is 16.2 Å². The van der Waals surface area contributed by atoms with Crippen molar-refractivity contribution >= 4 is 17.6 Å². The molecule has 0 aliphatic rings. The van der Waals surface area contributed by atoms with E-state index in [0.717, 1.165) is 5.56 Å². The van der Waals surface area contributed by atoms with E-state index in [0.29, 0.717) is 5.69 Å². The minimum absolute atomic E-state index is 0.0161. The van der Waals surface area contributed by atoms with Crippen LogP contribution in [0.4, 0.5) is 5.69 Å². The van der Waals surface area contributed by atoms with Crippen LogP contribution in [-0.2, 0) is 6.54 Å². The standard InChI is InChI=1S/C15H14N2O3/c16-11-5-3-4-10(8-11)9-17-14(18)12-6-1-2-7-13(12)15(19)20/h1-8H,9,16H2,(H,17,18)(H,19,20). The van der Waals surface area contributed by atoms with Gasteiger partial charge in [-0.3, -0.25) is 4.79 Å². The fraction of sp³-hybridized carbons (Fsp3) is 0.0667. The average molecular weight is 270 g/mol. The van der Waals surface area contributed by atoms with Gasteiger partial charge in [-0.05, 0) is 29.8 Å². The van der Waals surface area contributed by atoms with Gasteiger partial charge in [-0.2, -0.15) is 0 Å². The summed E-state index contributed by atoms with van der Waals surface area (Å²) < 4.78 is 0.